The third-order valence-corrected chi connectivity index (χ3v) is 2.18. The summed E-state index contributed by atoms with van der Waals surface area (Å²) < 4.78 is 42.5. The van der Waals surface area contributed by atoms with Gasteiger partial charge >= 0.3 is 12.1 Å². The smallest absolute Gasteiger partial charge is 0.417 e. The molecule has 0 atom stereocenters. The van der Waals surface area contributed by atoms with E-state index in [4.69, 9.17) is 0 Å². The molecule has 6 heteroatoms. The summed E-state index contributed by atoms with van der Waals surface area (Å²) in [4.78, 5) is 11.2. The van der Waals surface area contributed by atoms with Crippen molar-refractivity contribution < 1.29 is 22.7 Å². The zero-order valence-electron chi connectivity index (χ0n) is 9.39. The van der Waals surface area contributed by atoms with Gasteiger partial charge in [0, 0.05) is 6.54 Å². The highest BCUT2D eigenvalue weighted by molar-refractivity contribution is 5.91. The van der Waals surface area contributed by atoms with Crippen molar-refractivity contribution >= 4 is 5.97 Å². The van der Waals surface area contributed by atoms with E-state index in [1.54, 1.807) is 7.05 Å². The van der Waals surface area contributed by atoms with Gasteiger partial charge in [0.25, 0.3) is 0 Å². The highest BCUT2D eigenvalue weighted by Gasteiger charge is 2.35. The summed E-state index contributed by atoms with van der Waals surface area (Å²) in [5, 5.41) is 2.74. The molecule has 1 aromatic carbocycles. The average Bonchev–Trinajstić information content (AvgIpc) is 2.27. The summed E-state index contributed by atoms with van der Waals surface area (Å²) in [5.41, 5.74) is -0.996. The van der Waals surface area contributed by atoms with Crippen LogP contribution in [0.25, 0.3) is 0 Å². The summed E-state index contributed by atoms with van der Waals surface area (Å²) in [6.07, 6.45) is -4.58. The molecule has 3 nitrogen and oxygen atoms in total. The van der Waals surface area contributed by atoms with Gasteiger partial charge in [-0.25, -0.2) is 4.79 Å². The SMILES string of the molecule is CNCc1ccc(C(=O)OC)c(C(F)(F)F)c1. The van der Waals surface area contributed by atoms with Crippen LogP contribution < -0.4 is 5.32 Å². The largest absolute Gasteiger partial charge is 0.465 e. The van der Waals surface area contributed by atoms with Crippen LogP contribution in [-0.2, 0) is 17.5 Å². The van der Waals surface area contributed by atoms with E-state index in [1.165, 1.54) is 6.07 Å². The summed E-state index contributed by atoms with van der Waals surface area (Å²) in [6.45, 7) is 0.296. The maximum absolute atomic E-state index is 12.7. The number of carbonyl (C=O) groups excluding carboxylic acids is 1. The second kappa shape index (κ2) is 5.18. The van der Waals surface area contributed by atoms with Crippen LogP contribution in [0, 0.1) is 0 Å². The number of ether oxygens (including phenoxy) is 1. The number of methoxy groups -OCH3 is 1. The molecule has 0 unspecified atom stereocenters. The Morgan fingerprint density at radius 3 is 2.53 bits per heavy atom. The Bertz CT molecular complexity index is 416. The molecule has 0 aliphatic heterocycles. The molecule has 1 aromatic rings. The number of rotatable bonds is 3. The van der Waals surface area contributed by atoms with E-state index in [0.29, 0.717) is 12.1 Å². The van der Waals surface area contributed by atoms with E-state index in [1.807, 2.05) is 0 Å². The van der Waals surface area contributed by atoms with Gasteiger partial charge in [0.1, 0.15) is 0 Å². The van der Waals surface area contributed by atoms with Gasteiger partial charge in [0.2, 0.25) is 0 Å². The Kier molecular flexibility index (Phi) is 4.11. The number of benzene rings is 1. The first-order chi connectivity index (χ1) is 7.90. The summed E-state index contributed by atoms with van der Waals surface area (Å²) in [5.74, 6) is -0.992. The Morgan fingerprint density at radius 1 is 1.41 bits per heavy atom. The van der Waals surface area contributed by atoms with Gasteiger partial charge in [-0.15, -0.1) is 0 Å². The fourth-order valence-corrected chi connectivity index (χ4v) is 1.43. The lowest BCUT2D eigenvalue weighted by molar-refractivity contribution is -0.138. The Labute approximate surface area is 96.6 Å². The van der Waals surface area contributed by atoms with Crippen molar-refractivity contribution in [3.63, 3.8) is 0 Å². The number of esters is 1. The minimum absolute atomic E-state index is 0.296. The van der Waals surface area contributed by atoms with Crippen molar-refractivity contribution in [3.8, 4) is 0 Å². The molecule has 1 rings (SSSR count). The minimum Gasteiger partial charge on any atom is -0.465 e. The highest BCUT2D eigenvalue weighted by Crippen LogP contribution is 2.33. The Balaban J connectivity index is 3.27. The molecule has 0 bridgehead atoms. The molecule has 0 aliphatic carbocycles. The third-order valence-electron chi connectivity index (χ3n) is 2.18. The number of halogens is 3. The molecule has 0 heterocycles. The standard InChI is InChI=1S/C11H12F3NO2/c1-15-6-7-3-4-8(10(16)17-2)9(5-7)11(12,13)14/h3-5,15H,6H2,1-2H3. The molecule has 0 saturated carbocycles. The summed E-state index contributed by atoms with van der Waals surface area (Å²) in [6, 6.07) is 3.53. The number of hydrogen-bond donors (Lipinski definition) is 1. The molecule has 17 heavy (non-hydrogen) atoms. The third kappa shape index (κ3) is 3.20. The Morgan fingerprint density at radius 2 is 2.06 bits per heavy atom. The molecule has 0 aromatic heterocycles. The molecule has 0 saturated heterocycles. The second-order valence-corrected chi connectivity index (χ2v) is 3.40. The fourth-order valence-electron chi connectivity index (χ4n) is 1.43. The van der Waals surface area contributed by atoms with Gasteiger partial charge < -0.3 is 10.1 Å². The molecule has 0 radical (unpaired) electrons. The lowest BCUT2D eigenvalue weighted by atomic mass is 10.0. The van der Waals surface area contributed by atoms with Gasteiger partial charge in [-0.1, -0.05) is 6.07 Å². The predicted octanol–water partition coefficient (Wildman–Crippen LogP) is 2.21. The average molecular weight is 247 g/mol. The first-order valence-corrected chi connectivity index (χ1v) is 4.83. The first-order valence-electron chi connectivity index (χ1n) is 4.83. The van der Waals surface area contributed by atoms with Crippen LogP contribution in [0.15, 0.2) is 18.2 Å². The van der Waals surface area contributed by atoms with Gasteiger partial charge in [0.15, 0.2) is 0 Å². The highest BCUT2D eigenvalue weighted by atomic mass is 19.4. The van der Waals surface area contributed by atoms with E-state index in [0.717, 1.165) is 19.2 Å². The van der Waals surface area contributed by atoms with Crippen LogP contribution in [0.4, 0.5) is 13.2 Å². The second-order valence-electron chi connectivity index (χ2n) is 3.40. The lowest BCUT2D eigenvalue weighted by Gasteiger charge is -2.13. The number of carbonyl (C=O) groups is 1. The van der Waals surface area contributed by atoms with E-state index < -0.39 is 23.3 Å². The molecule has 0 amide bonds. The monoisotopic (exact) mass is 247 g/mol. The zero-order chi connectivity index (χ0) is 13.1. The summed E-state index contributed by atoms with van der Waals surface area (Å²) in [7, 11) is 2.67. The Hall–Kier alpha value is -1.56. The molecular formula is C11H12F3NO2. The van der Waals surface area contributed by atoms with Crippen LogP contribution in [0.3, 0.4) is 0 Å². The van der Waals surface area contributed by atoms with E-state index in [2.05, 4.69) is 10.1 Å². The van der Waals surface area contributed by atoms with Gasteiger partial charge in [-0.3, -0.25) is 0 Å². The topological polar surface area (TPSA) is 38.3 Å². The van der Waals surface area contributed by atoms with Crippen molar-refractivity contribution in [2.45, 2.75) is 12.7 Å². The fraction of sp³-hybridized carbons (Fsp3) is 0.364. The maximum Gasteiger partial charge on any atom is 0.417 e. The quantitative estimate of drug-likeness (QED) is 0.832. The van der Waals surface area contributed by atoms with Crippen LogP contribution in [-0.4, -0.2) is 20.1 Å². The van der Waals surface area contributed by atoms with Crippen LogP contribution >= 0.6 is 0 Å². The molecule has 0 spiro atoms. The normalized spacial score (nSPS) is 11.4. The van der Waals surface area contributed by atoms with E-state index in [-0.39, 0.29) is 0 Å². The molecule has 0 fully saturated rings. The van der Waals surface area contributed by atoms with Crippen molar-refractivity contribution in [3.05, 3.63) is 34.9 Å². The molecule has 1 N–H and O–H groups in total. The van der Waals surface area contributed by atoms with E-state index in [9.17, 15) is 18.0 Å². The van der Waals surface area contributed by atoms with Crippen LogP contribution in [0.1, 0.15) is 21.5 Å². The van der Waals surface area contributed by atoms with Gasteiger partial charge in [-0.05, 0) is 24.7 Å². The van der Waals surface area contributed by atoms with Crippen molar-refractivity contribution in [1.82, 2.24) is 5.32 Å². The first kappa shape index (κ1) is 13.5. The molecular weight excluding hydrogens is 235 g/mol. The van der Waals surface area contributed by atoms with Gasteiger partial charge in [-0.2, -0.15) is 13.2 Å². The number of nitrogens with one attached hydrogen (secondary N) is 1. The minimum atomic E-state index is -4.58. The van der Waals surface area contributed by atoms with E-state index >= 15 is 0 Å². The summed E-state index contributed by atoms with van der Waals surface area (Å²) >= 11 is 0. The van der Waals surface area contributed by atoms with Crippen molar-refractivity contribution in [2.24, 2.45) is 0 Å². The number of alkyl halides is 3. The number of hydrogen-bond acceptors (Lipinski definition) is 3. The van der Waals surface area contributed by atoms with Crippen molar-refractivity contribution in [1.29, 1.82) is 0 Å². The maximum atomic E-state index is 12.7. The molecule has 94 valence electrons. The zero-order valence-corrected chi connectivity index (χ0v) is 9.39. The predicted molar refractivity (Wildman–Crippen MR) is 55.5 cm³/mol. The van der Waals surface area contributed by atoms with Crippen LogP contribution in [0.5, 0.6) is 0 Å². The molecule has 0 aliphatic rings. The van der Waals surface area contributed by atoms with Crippen LogP contribution in [0.2, 0.25) is 0 Å². The van der Waals surface area contributed by atoms with Crippen molar-refractivity contribution in [2.75, 3.05) is 14.2 Å². The van der Waals surface area contributed by atoms with Gasteiger partial charge in [0.05, 0.1) is 18.2 Å². The lowest BCUT2D eigenvalue weighted by Crippen LogP contribution is -2.16.